The highest BCUT2D eigenvalue weighted by molar-refractivity contribution is 5.76. The van der Waals surface area contributed by atoms with Gasteiger partial charge in [-0.2, -0.15) is 0 Å². The monoisotopic (exact) mass is 278 g/mol. The Morgan fingerprint density at radius 3 is 2.85 bits per heavy atom. The molecule has 0 amide bonds. The lowest BCUT2D eigenvalue weighted by Gasteiger charge is -2.50. The van der Waals surface area contributed by atoms with Gasteiger partial charge in [0.2, 0.25) is 0 Å². The third-order valence-corrected chi connectivity index (χ3v) is 4.65. The number of hydrogen-bond acceptors (Lipinski definition) is 6. The second-order valence-corrected chi connectivity index (χ2v) is 6.19. The van der Waals surface area contributed by atoms with Gasteiger partial charge in [-0.1, -0.05) is 20.1 Å². The van der Waals surface area contributed by atoms with Crippen molar-refractivity contribution in [1.29, 1.82) is 0 Å². The van der Waals surface area contributed by atoms with E-state index in [1.54, 1.807) is 6.92 Å². The van der Waals surface area contributed by atoms with E-state index in [9.17, 15) is 9.90 Å². The van der Waals surface area contributed by atoms with Gasteiger partial charge in [0.05, 0.1) is 23.7 Å². The van der Waals surface area contributed by atoms with E-state index in [0.29, 0.717) is 12.2 Å². The number of aliphatic hydroxyl groups is 1. The Morgan fingerprint density at radius 1 is 1.50 bits per heavy atom. The second-order valence-electron chi connectivity index (χ2n) is 6.19. The zero-order valence-electron chi connectivity index (χ0n) is 11.9. The molecule has 110 valence electrons. The molecule has 1 unspecified atom stereocenters. The quantitative estimate of drug-likeness (QED) is 0.543. The molecule has 0 radical (unpaired) electrons. The van der Waals surface area contributed by atoms with Crippen LogP contribution in [-0.2, 0) is 4.79 Å². The van der Waals surface area contributed by atoms with Crippen LogP contribution in [0.5, 0.6) is 0 Å². The highest BCUT2D eigenvalue weighted by Gasteiger charge is 2.64. The zero-order chi connectivity index (χ0) is 14.7. The molecule has 0 aromatic heterocycles. The zero-order valence-corrected chi connectivity index (χ0v) is 11.9. The van der Waals surface area contributed by atoms with Crippen LogP contribution in [0.25, 0.3) is 0 Å². The highest BCUT2D eigenvalue weighted by atomic mass is 16.3. The van der Waals surface area contributed by atoms with Gasteiger partial charge in [0.1, 0.15) is 11.9 Å². The van der Waals surface area contributed by atoms with Crippen molar-refractivity contribution in [2.75, 3.05) is 6.54 Å². The van der Waals surface area contributed by atoms with E-state index in [2.05, 4.69) is 34.0 Å². The number of ketones is 1. The average Bonchev–Trinajstić information content (AvgIpc) is 2.81. The highest BCUT2D eigenvalue weighted by Crippen LogP contribution is 2.43. The maximum atomic E-state index is 11.5. The molecule has 0 aliphatic carbocycles. The number of hydrogen-bond donors (Lipinski definition) is 4. The Kier molecular flexibility index (Phi) is 2.76. The first-order valence-electron chi connectivity index (χ1n) is 7.00. The number of carbonyl (C=O) groups excluding carboxylic acids is 1. The molecule has 0 aromatic rings. The lowest BCUT2D eigenvalue weighted by Crippen LogP contribution is -2.73. The fourth-order valence-corrected chi connectivity index (χ4v) is 3.87. The number of carbonyl (C=O) groups is 1. The van der Waals surface area contributed by atoms with E-state index >= 15 is 0 Å². The third kappa shape index (κ3) is 1.57. The minimum absolute atomic E-state index is 0.108. The average molecular weight is 278 g/mol. The fraction of sp³-hybridized carbons (Fsp3) is 0.643. The molecule has 1 spiro atoms. The summed E-state index contributed by atoms with van der Waals surface area (Å²) in [5.41, 5.74) is -0.654. The van der Waals surface area contributed by atoms with E-state index in [1.807, 2.05) is 6.92 Å². The van der Waals surface area contributed by atoms with Gasteiger partial charge in [-0.25, -0.2) is 0 Å². The lowest BCUT2D eigenvalue weighted by atomic mass is 9.84. The molecule has 0 bridgehead atoms. The normalized spacial score (nSPS) is 42.5. The summed E-state index contributed by atoms with van der Waals surface area (Å²) in [7, 11) is 0. The van der Waals surface area contributed by atoms with E-state index in [4.69, 9.17) is 0 Å². The van der Waals surface area contributed by atoms with Gasteiger partial charge in [-0.15, -0.1) is 0 Å². The summed E-state index contributed by atoms with van der Waals surface area (Å²) < 4.78 is 0. The number of nitrogens with zero attached hydrogens (tertiary/aromatic N) is 1. The third-order valence-electron chi connectivity index (χ3n) is 4.65. The van der Waals surface area contributed by atoms with Crippen molar-refractivity contribution in [3.63, 3.8) is 0 Å². The summed E-state index contributed by atoms with van der Waals surface area (Å²) in [6.45, 7) is 12.3. The van der Waals surface area contributed by atoms with Crippen molar-refractivity contribution in [1.82, 2.24) is 20.9 Å². The number of rotatable bonds is 2. The predicted octanol–water partition coefficient (Wildman–Crippen LogP) is -0.550. The summed E-state index contributed by atoms with van der Waals surface area (Å²) in [6.07, 6.45) is -0.157. The van der Waals surface area contributed by atoms with Crippen LogP contribution in [0, 0.1) is 5.92 Å². The molecule has 4 N–H and O–H groups in total. The molecule has 3 rings (SSSR count). The summed E-state index contributed by atoms with van der Waals surface area (Å²) in [4.78, 5) is 13.6. The molecule has 20 heavy (non-hydrogen) atoms. The van der Waals surface area contributed by atoms with E-state index in [1.165, 1.54) is 0 Å². The van der Waals surface area contributed by atoms with Gasteiger partial charge in [-0.3, -0.25) is 4.79 Å². The summed E-state index contributed by atoms with van der Waals surface area (Å²) >= 11 is 0. The van der Waals surface area contributed by atoms with Crippen LogP contribution in [0.3, 0.4) is 0 Å². The minimum atomic E-state index is -0.654. The van der Waals surface area contributed by atoms with Crippen LogP contribution in [-0.4, -0.2) is 46.2 Å². The lowest BCUT2D eigenvalue weighted by molar-refractivity contribution is -0.118. The second kappa shape index (κ2) is 4.15. The molecule has 5 atom stereocenters. The first-order valence-corrected chi connectivity index (χ1v) is 7.00. The standard InChI is InChI=1S/C14H22N4O2/c1-7-6-18-10(4)16-11(5-8(2)19)12-14(18,13(7)20)17-9(3)15-12/h7,11-13,15-17,20H,3-6H2,1-2H3/t7-,11?,12-,13-,14-/m0/s1. The first kappa shape index (κ1) is 13.3. The molecule has 0 aromatic carbocycles. The Bertz CT molecular complexity index is 492. The van der Waals surface area contributed by atoms with Gasteiger partial charge in [0.15, 0.2) is 5.66 Å². The number of nitrogens with one attached hydrogen (secondary N) is 3. The van der Waals surface area contributed by atoms with Gasteiger partial charge >= 0.3 is 0 Å². The van der Waals surface area contributed by atoms with Crippen LogP contribution < -0.4 is 16.0 Å². The SMILES string of the molecule is C=C1N[C@H]2C(CC(C)=O)NC(=C)N3C[C@H](C)[C@H](O)[C@]23N1. The van der Waals surface area contributed by atoms with E-state index < -0.39 is 11.8 Å². The Hall–Kier alpha value is -1.69. The predicted molar refractivity (Wildman–Crippen MR) is 75.2 cm³/mol. The van der Waals surface area contributed by atoms with Crippen molar-refractivity contribution in [2.24, 2.45) is 5.92 Å². The molecule has 6 nitrogen and oxygen atoms in total. The molecule has 3 saturated heterocycles. The Balaban J connectivity index is 2.02. The van der Waals surface area contributed by atoms with Crippen LogP contribution in [0.15, 0.2) is 24.8 Å². The molecule has 0 saturated carbocycles. The molecule has 3 aliphatic heterocycles. The smallest absolute Gasteiger partial charge is 0.162 e. The van der Waals surface area contributed by atoms with Gasteiger partial charge < -0.3 is 26.0 Å². The number of aliphatic hydroxyl groups excluding tert-OH is 1. The molecule has 3 fully saturated rings. The molecule has 3 aliphatic rings. The summed E-state index contributed by atoms with van der Waals surface area (Å²) in [5, 5.41) is 20.6. The Labute approximate surface area is 118 Å². The minimum Gasteiger partial charge on any atom is -0.388 e. The first-order chi connectivity index (χ1) is 9.36. The van der Waals surface area contributed by atoms with E-state index in [0.717, 1.165) is 12.4 Å². The van der Waals surface area contributed by atoms with Crippen LogP contribution in [0.2, 0.25) is 0 Å². The van der Waals surface area contributed by atoms with Crippen molar-refractivity contribution in [3.8, 4) is 0 Å². The maximum Gasteiger partial charge on any atom is 0.162 e. The molecular formula is C14H22N4O2. The van der Waals surface area contributed by atoms with Crippen molar-refractivity contribution < 1.29 is 9.90 Å². The Morgan fingerprint density at radius 2 is 2.20 bits per heavy atom. The largest absolute Gasteiger partial charge is 0.388 e. The fourth-order valence-electron chi connectivity index (χ4n) is 3.87. The number of Topliss-reactive ketones (excluding diaryl/α,β-unsaturated/α-hetero) is 1. The summed E-state index contributed by atoms with van der Waals surface area (Å²) in [5.74, 6) is 1.66. The molecular weight excluding hydrogens is 256 g/mol. The van der Waals surface area contributed by atoms with Gasteiger partial charge in [0.25, 0.3) is 0 Å². The van der Waals surface area contributed by atoms with Crippen LogP contribution >= 0.6 is 0 Å². The van der Waals surface area contributed by atoms with Gasteiger partial charge in [-0.05, 0) is 6.92 Å². The maximum absolute atomic E-state index is 11.5. The van der Waals surface area contributed by atoms with Crippen molar-refractivity contribution in [3.05, 3.63) is 24.8 Å². The van der Waals surface area contributed by atoms with Crippen molar-refractivity contribution in [2.45, 2.75) is 44.1 Å². The van der Waals surface area contributed by atoms with E-state index in [-0.39, 0.29) is 23.8 Å². The summed E-state index contributed by atoms with van der Waals surface area (Å²) in [6, 6.07) is -0.229. The van der Waals surface area contributed by atoms with Crippen molar-refractivity contribution >= 4 is 5.78 Å². The van der Waals surface area contributed by atoms with Gasteiger partial charge in [0, 0.05) is 18.9 Å². The molecule has 3 heterocycles. The van der Waals surface area contributed by atoms with Crippen LogP contribution in [0.1, 0.15) is 20.3 Å². The molecule has 6 heteroatoms. The van der Waals surface area contributed by atoms with Crippen LogP contribution in [0.4, 0.5) is 0 Å². The topological polar surface area (TPSA) is 76.6 Å².